The highest BCUT2D eigenvalue weighted by Crippen LogP contribution is 2.49. The Bertz CT molecular complexity index is 461. The van der Waals surface area contributed by atoms with E-state index in [1.807, 2.05) is 11.8 Å². The first-order chi connectivity index (χ1) is 9.56. The molecule has 1 spiro atoms. The Hall–Kier alpha value is -1.06. The van der Waals surface area contributed by atoms with Crippen molar-refractivity contribution in [1.29, 1.82) is 0 Å². The van der Waals surface area contributed by atoms with E-state index in [4.69, 9.17) is 0 Å². The molecule has 0 radical (unpaired) electrons. The van der Waals surface area contributed by atoms with Crippen LogP contribution >= 0.6 is 0 Å². The standard InChI is InChI=1S/C16H24N2O2/c1-15(12-6-7-12)13(19)17-16(8-2-3-9-16)14(20)18(15)10-11-4-5-11/h11-12H,2-10H2,1H3,(H,17,19). The molecular formula is C16H24N2O2. The fraction of sp³-hybridized carbons (Fsp3) is 0.875. The van der Waals surface area contributed by atoms with Crippen LogP contribution in [-0.4, -0.2) is 34.3 Å². The maximum absolute atomic E-state index is 13.1. The van der Waals surface area contributed by atoms with Gasteiger partial charge < -0.3 is 10.2 Å². The lowest BCUT2D eigenvalue weighted by Crippen LogP contribution is -2.75. The normalized spacial score (nSPS) is 36.5. The largest absolute Gasteiger partial charge is 0.340 e. The van der Waals surface area contributed by atoms with Gasteiger partial charge in [0, 0.05) is 6.54 Å². The summed E-state index contributed by atoms with van der Waals surface area (Å²) in [7, 11) is 0. The number of nitrogens with one attached hydrogen (secondary N) is 1. The second-order valence-electron chi connectivity index (χ2n) is 7.52. The van der Waals surface area contributed by atoms with Gasteiger partial charge in [-0.3, -0.25) is 9.59 Å². The fourth-order valence-corrected chi connectivity index (χ4v) is 4.19. The topological polar surface area (TPSA) is 49.4 Å². The lowest BCUT2D eigenvalue weighted by molar-refractivity contribution is -0.164. The second kappa shape index (κ2) is 3.99. The van der Waals surface area contributed by atoms with Crippen LogP contribution in [0.1, 0.15) is 58.3 Å². The number of nitrogens with zero attached hydrogens (tertiary/aromatic N) is 1. The van der Waals surface area contributed by atoms with E-state index in [2.05, 4.69) is 5.32 Å². The summed E-state index contributed by atoms with van der Waals surface area (Å²) in [5.41, 5.74) is -1.13. The highest BCUT2D eigenvalue weighted by atomic mass is 16.2. The molecule has 1 unspecified atom stereocenters. The molecule has 4 rings (SSSR count). The fourth-order valence-electron chi connectivity index (χ4n) is 4.19. The summed E-state index contributed by atoms with van der Waals surface area (Å²) in [5.74, 6) is 1.35. The molecule has 20 heavy (non-hydrogen) atoms. The van der Waals surface area contributed by atoms with Crippen molar-refractivity contribution in [2.45, 2.75) is 69.4 Å². The molecule has 1 N–H and O–H groups in total. The second-order valence-corrected chi connectivity index (χ2v) is 7.52. The summed E-state index contributed by atoms with van der Waals surface area (Å²) >= 11 is 0. The molecule has 4 fully saturated rings. The molecule has 0 aromatic rings. The Morgan fingerprint density at radius 3 is 2.35 bits per heavy atom. The zero-order valence-corrected chi connectivity index (χ0v) is 12.3. The molecule has 1 atom stereocenters. The third kappa shape index (κ3) is 1.66. The summed E-state index contributed by atoms with van der Waals surface area (Å²) in [6.45, 7) is 2.81. The van der Waals surface area contributed by atoms with Crippen LogP contribution in [0.15, 0.2) is 0 Å². The maximum Gasteiger partial charge on any atom is 0.249 e. The molecule has 1 aliphatic heterocycles. The van der Waals surface area contributed by atoms with Crippen LogP contribution in [0.2, 0.25) is 0 Å². The van der Waals surface area contributed by atoms with Crippen LogP contribution in [0.4, 0.5) is 0 Å². The summed E-state index contributed by atoms with van der Waals surface area (Å²) in [6.07, 6.45) is 8.40. The Balaban J connectivity index is 1.69. The number of carbonyl (C=O) groups excluding carboxylic acids is 2. The van der Waals surface area contributed by atoms with Gasteiger partial charge in [0.2, 0.25) is 11.8 Å². The molecule has 1 heterocycles. The van der Waals surface area contributed by atoms with Crippen molar-refractivity contribution in [2.75, 3.05) is 6.54 Å². The highest BCUT2D eigenvalue weighted by molar-refractivity contribution is 6.02. The predicted molar refractivity (Wildman–Crippen MR) is 74.9 cm³/mol. The monoisotopic (exact) mass is 276 g/mol. The van der Waals surface area contributed by atoms with Crippen molar-refractivity contribution in [1.82, 2.24) is 10.2 Å². The van der Waals surface area contributed by atoms with Gasteiger partial charge in [-0.05, 0) is 57.3 Å². The molecule has 4 nitrogen and oxygen atoms in total. The van der Waals surface area contributed by atoms with E-state index in [0.717, 1.165) is 45.1 Å². The molecule has 4 aliphatic rings. The van der Waals surface area contributed by atoms with E-state index in [9.17, 15) is 9.59 Å². The smallest absolute Gasteiger partial charge is 0.249 e. The molecular weight excluding hydrogens is 252 g/mol. The van der Waals surface area contributed by atoms with E-state index in [0.29, 0.717) is 11.8 Å². The van der Waals surface area contributed by atoms with Gasteiger partial charge in [0.25, 0.3) is 0 Å². The number of hydrogen-bond acceptors (Lipinski definition) is 2. The summed E-state index contributed by atoms with van der Waals surface area (Å²) < 4.78 is 0. The third-order valence-electron chi connectivity index (χ3n) is 5.99. The van der Waals surface area contributed by atoms with Gasteiger partial charge in [-0.15, -0.1) is 0 Å². The SMILES string of the molecule is CC1(C2CC2)C(=O)NC2(CCCC2)C(=O)N1CC1CC1. The molecule has 1 saturated heterocycles. The molecule has 110 valence electrons. The minimum absolute atomic E-state index is 0.113. The number of rotatable bonds is 3. The number of piperazine rings is 1. The average molecular weight is 276 g/mol. The number of hydrogen-bond donors (Lipinski definition) is 1. The van der Waals surface area contributed by atoms with E-state index < -0.39 is 11.1 Å². The van der Waals surface area contributed by atoms with Crippen LogP contribution in [0.5, 0.6) is 0 Å². The maximum atomic E-state index is 13.1. The van der Waals surface area contributed by atoms with E-state index >= 15 is 0 Å². The Kier molecular flexibility index (Phi) is 2.52. The summed E-state index contributed by atoms with van der Waals surface area (Å²) in [5, 5.41) is 3.15. The van der Waals surface area contributed by atoms with E-state index in [-0.39, 0.29) is 11.8 Å². The lowest BCUT2D eigenvalue weighted by atomic mass is 9.82. The van der Waals surface area contributed by atoms with Crippen LogP contribution in [0, 0.1) is 11.8 Å². The van der Waals surface area contributed by atoms with Gasteiger partial charge in [0.05, 0.1) is 0 Å². The van der Waals surface area contributed by atoms with Gasteiger partial charge >= 0.3 is 0 Å². The van der Waals surface area contributed by atoms with Crippen LogP contribution in [-0.2, 0) is 9.59 Å². The van der Waals surface area contributed by atoms with Crippen LogP contribution in [0.25, 0.3) is 0 Å². The first-order valence-electron chi connectivity index (χ1n) is 8.21. The van der Waals surface area contributed by atoms with Crippen LogP contribution < -0.4 is 5.32 Å². The zero-order chi connectivity index (χ0) is 14.0. The number of carbonyl (C=O) groups is 2. The predicted octanol–water partition coefficient (Wildman–Crippen LogP) is 1.84. The molecule has 0 aromatic carbocycles. The van der Waals surface area contributed by atoms with E-state index in [1.54, 1.807) is 0 Å². The highest BCUT2D eigenvalue weighted by Gasteiger charge is 2.62. The molecule has 3 saturated carbocycles. The minimum Gasteiger partial charge on any atom is -0.340 e. The van der Waals surface area contributed by atoms with Crippen molar-refractivity contribution in [3.05, 3.63) is 0 Å². The molecule has 0 aromatic heterocycles. The lowest BCUT2D eigenvalue weighted by Gasteiger charge is -2.51. The molecule has 3 aliphatic carbocycles. The summed E-state index contributed by atoms with van der Waals surface area (Å²) in [6, 6.07) is 0. The molecule has 0 bridgehead atoms. The van der Waals surface area contributed by atoms with E-state index in [1.165, 1.54) is 12.8 Å². The Labute approximate surface area is 120 Å². The van der Waals surface area contributed by atoms with Gasteiger partial charge in [0.1, 0.15) is 11.1 Å². The third-order valence-corrected chi connectivity index (χ3v) is 5.99. The van der Waals surface area contributed by atoms with Crippen molar-refractivity contribution >= 4 is 11.8 Å². The Morgan fingerprint density at radius 1 is 1.15 bits per heavy atom. The van der Waals surface area contributed by atoms with Crippen molar-refractivity contribution in [2.24, 2.45) is 11.8 Å². The van der Waals surface area contributed by atoms with Gasteiger partial charge in [-0.1, -0.05) is 12.8 Å². The molecule has 4 heteroatoms. The zero-order valence-electron chi connectivity index (χ0n) is 12.3. The molecule has 2 amide bonds. The van der Waals surface area contributed by atoms with Crippen LogP contribution in [0.3, 0.4) is 0 Å². The number of amides is 2. The van der Waals surface area contributed by atoms with Gasteiger partial charge in [-0.25, -0.2) is 0 Å². The van der Waals surface area contributed by atoms with Gasteiger partial charge in [-0.2, -0.15) is 0 Å². The van der Waals surface area contributed by atoms with Crippen molar-refractivity contribution in [3.63, 3.8) is 0 Å². The summed E-state index contributed by atoms with van der Waals surface area (Å²) in [4.78, 5) is 27.9. The first-order valence-corrected chi connectivity index (χ1v) is 8.21. The Morgan fingerprint density at radius 2 is 1.80 bits per heavy atom. The quantitative estimate of drug-likeness (QED) is 0.855. The van der Waals surface area contributed by atoms with Crippen molar-refractivity contribution < 1.29 is 9.59 Å². The van der Waals surface area contributed by atoms with Crippen molar-refractivity contribution in [3.8, 4) is 0 Å². The average Bonchev–Trinajstić information content (AvgIpc) is 3.33. The minimum atomic E-state index is -0.576. The first kappa shape index (κ1) is 12.7. The van der Waals surface area contributed by atoms with Gasteiger partial charge in [0.15, 0.2) is 0 Å².